The van der Waals surface area contributed by atoms with Gasteiger partial charge in [-0.2, -0.15) is 0 Å². The first kappa shape index (κ1) is 21.5. The lowest BCUT2D eigenvalue weighted by Crippen LogP contribution is -2.45. The number of nitrogens with one attached hydrogen (secondary N) is 1. The Hall–Kier alpha value is -0.580. The summed E-state index contributed by atoms with van der Waals surface area (Å²) < 4.78 is 0. The second kappa shape index (κ2) is 10.4. The number of halogens is 3. The number of pyridine rings is 1. The summed E-state index contributed by atoms with van der Waals surface area (Å²) in [5, 5.41) is 5.28. The minimum Gasteiger partial charge on any atom is -0.314 e. The van der Waals surface area contributed by atoms with E-state index in [-0.39, 0.29) is 24.8 Å². The van der Waals surface area contributed by atoms with E-state index < -0.39 is 0 Å². The van der Waals surface area contributed by atoms with Crippen molar-refractivity contribution in [2.24, 2.45) is 0 Å². The van der Waals surface area contributed by atoms with Crippen LogP contribution >= 0.6 is 36.4 Å². The summed E-state index contributed by atoms with van der Waals surface area (Å²) in [6, 6.07) is 10.8. The van der Waals surface area contributed by atoms with E-state index in [0.29, 0.717) is 11.2 Å². The average molecular weight is 391 g/mol. The zero-order valence-corrected chi connectivity index (χ0v) is 16.4. The lowest BCUT2D eigenvalue weighted by atomic mass is 9.98. The smallest absolute Gasteiger partial charge is 0.134 e. The molecule has 3 rings (SSSR count). The first-order valence-corrected chi connectivity index (χ1v) is 8.67. The third kappa shape index (κ3) is 4.96. The van der Waals surface area contributed by atoms with Crippen molar-refractivity contribution in [3.8, 4) is 0 Å². The van der Waals surface area contributed by atoms with Gasteiger partial charge in [-0.15, -0.1) is 24.8 Å². The third-order valence-corrected chi connectivity index (χ3v) is 4.79. The largest absolute Gasteiger partial charge is 0.314 e. The molecule has 24 heavy (non-hydrogen) atoms. The molecule has 0 aliphatic carbocycles. The van der Waals surface area contributed by atoms with E-state index in [1.54, 1.807) is 0 Å². The zero-order chi connectivity index (χ0) is 15.4. The highest BCUT2D eigenvalue weighted by atomic mass is 35.5. The molecule has 2 aromatic rings. The van der Waals surface area contributed by atoms with Gasteiger partial charge in [0.15, 0.2) is 0 Å². The van der Waals surface area contributed by atoms with Crippen LogP contribution in [-0.2, 0) is 0 Å². The van der Waals surface area contributed by atoms with Crippen LogP contribution in [0.2, 0.25) is 5.15 Å². The molecule has 3 nitrogen and oxygen atoms in total. The molecular weight excluding hydrogens is 365 g/mol. The van der Waals surface area contributed by atoms with Crippen LogP contribution in [0.1, 0.15) is 37.8 Å². The number of piperazine rings is 1. The first-order valence-electron chi connectivity index (χ1n) is 8.29. The third-order valence-electron chi connectivity index (χ3n) is 4.49. The number of rotatable bonds is 5. The number of fused-ring (bicyclic) bond motifs is 1. The fourth-order valence-electron chi connectivity index (χ4n) is 3.27. The quantitative estimate of drug-likeness (QED) is 0.738. The van der Waals surface area contributed by atoms with Crippen LogP contribution in [0.15, 0.2) is 30.3 Å². The van der Waals surface area contributed by atoms with E-state index in [0.717, 1.165) is 38.1 Å². The highest BCUT2D eigenvalue weighted by molar-refractivity contribution is 6.30. The van der Waals surface area contributed by atoms with Gasteiger partial charge in [0, 0.05) is 43.2 Å². The van der Waals surface area contributed by atoms with Crippen LogP contribution in [0, 0.1) is 0 Å². The molecule has 1 N–H and O–H groups in total. The van der Waals surface area contributed by atoms with Crippen molar-refractivity contribution in [2.75, 3.05) is 26.2 Å². The Morgan fingerprint density at radius 1 is 1.21 bits per heavy atom. The molecule has 6 heteroatoms. The Morgan fingerprint density at radius 3 is 2.62 bits per heavy atom. The molecule has 2 heterocycles. The molecule has 0 bridgehead atoms. The highest BCUT2D eigenvalue weighted by Gasteiger charge is 2.24. The SMILES string of the molecule is CCCC[C@H](c1cc2ccccc2nc1Cl)N1CCNCC1.Cl.Cl. The maximum absolute atomic E-state index is 6.54. The van der Waals surface area contributed by atoms with Gasteiger partial charge in [-0.3, -0.25) is 4.90 Å². The molecule has 1 aliphatic heterocycles. The van der Waals surface area contributed by atoms with Gasteiger partial charge in [-0.25, -0.2) is 4.98 Å². The predicted molar refractivity (Wildman–Crippen MR) is 108 cm³/mol. The Kier molecular flexibility index (Phi) is 9.32. The number of unbranched alkanes of at least 4 members (excludes halogenated alkanes) is 1. The summed E-state index contributed by atoms with van der Waals surface area (Å²) in [5.74, 6) is 0. The highest BCUT2D eigenvalue weighted by Crippen LogP contribution is 2.33. The predicted octanol–water partition coefficient (Wildman–Crippen LogP) is 4.87. The summed E-state index contributed by atoms with van der Waals surface area (Å²) in [5.41, 5.74) is 2.17. The summed E-state index contributed by atoms with van der Waals surface area (Å²) in [7, 11) is 0. The Bertz CT molecular complexity index is 630. The number of para-hydroxylation sites is 1. The molecule has 1 fully saturated rings. The van der Waals surface area contributed by atoms with E-state index in [2.05, 4.69) is 40.3 Å². The normalized spacial score (nSPS) is 16.2. The van der Waals surface area contributed by atoms with Crippen LogP contribution in [0.4, 0.5) is 0 Å². The van der Waals surface area contributed by atoms with Crippen LogP contribution in [0.3, 0.4) is 0 Å². The minimum absolute atomic E-state index is 0. The Labute approximate surface area is 162 Å². The number of benzene rings is 1. The average Bonchev–Trinajstić information content (AvgIpc) is 2.56. The molecule has 1 aromatic carbocycles. The molecule has 0 amide bonds. The van der Waals surface area contributed by atoms with E-state index in [1.807, 2.05) is 12.1 Å². The number of nitrogens with zero attached hydrogens (tertiary/aromatic N) is 2. The summed E-state index contributed by atoms with van der Waals surface area (Å²) >= 11 is 6.54. The van der Waals surface area contributed by atoms with Crippen LogP contribution in [-0.4, -0.2) is 36.1 Å². The molecule has 1 aliphatic rings. The van der Waals surface area contributed by atoms with Crippen LogP contribution < -0.4 is 5.32 Å². The van der Waals surface area contributed by atoms with Gasteiger partial charge >= 0.3 is 0 Å². The topological polar surface area (TPSA) is 28.2 Å². The maximum Gasteiger partial charge on any atom is 0.134 e. The van der Waals surface area contributed by atoms with Crippen molar-refractivity contribution < 1.29 is 0 Å². The van der Waals surface area contributed by atoms with E-state index in [1.165, 1.54) is 23.8 Å². The van der Waals surface area contributed by atoms with Crippen molar-refractivity contribution >= 4 is 47.3 Å². The standard InChI is InChI=1S/C18H24ClN3.2ClH/c1-2-3-8-17(22-11-9-20-10-12-22)15-13-14-6-4-5-7-16(14)21-18(15)19;;/h4-7,13,17,20H,2-3,8-12H2,1H3;2*1H/t17-;;/m1../s1. The van der Waals surface area contributed by atoms with E-state index >= 15 is 0 Å². The fraction of sp³-hybridized carbons (Fsp3) is 0.500. The molecule has 1 aromatic heterocycles. The van der Waals surface area contributed by atoms with Crippen molar-refractivity contribution in [1.29, 1.82) is 0 Å². The lowest BCUT2D eigenvalue weighted by Gasteiger charge is -2.35. The molecule has 0 unspecified atom stereocenters. The van der Waals surface area contributed by atoms with Crippen molar-refractivity contribution in [2.45, 2.75) is 32.2 Å². The number of hydrogen-bond donors (Lipinski definition) is 1. The van der Waals surface area contributed by atoms with Crippen molar-refractivity contribution in [3.63, 3.8) is 0 Å². The van der Waals surface area contributed by atoms with E-state index in [4.69, 9.17) is 11.6 Å². The molecule has 0 spiro atoms. The molecule has 0 radical (unpaired) electrons. The Balaban J connectivity index is 0.00000144. The molecule has 0 saturated carbocycles. The minimum atomic E-state index is 0. The number of hydrogen-bond acceptors (Lipinski definition) is 3. The fourth-order valence-corrected chi connectivity index (χ4v) is 3.54. The van der Waals surface area contributed by atoms with Gasteiger partial charge in [0.2, 0.25) is 0 Å². The first-order chi connectivity index (χ1) is 10.8. The van der Waals surface area contributed by atoms with Gasteiger partial charge in [0.25, 0.3) is 0 Å². The zero-order valence-electron chi connectivity index (χ0n) is 14.0. The molecular formula is C18H26Cl3N3. The number of aromatic nitrogens is 1. The maximum atomic E-state index is 6.54. The van der Waals surface area contributed by atoms with Gasteiger partial charge < -0.3 is 5.32 Å². The summed E-state index contributed by atoms with van der Waals surface area (Å²) in [6.45, 7) is 6.52. The van der Waals surface area contributed by atoms with Crippen molar-refractivity contribution in [1.82, 2.24) is 15.2 Å². The molecule has 1 atom stereocenters. The second-order valence-corrected chi connectivity index (χ2v) is 6.36. The monoisotopic (exact) mass is 389 g/mol. The van der Waals surface area contributed by atoms with Crippen molar-refractivity contribution in [3.05, 3.63) is 41.0 Å². The van der Waals surface area contributed by atoms with Gasteiger partial charge in [0.1, 0.15) is 5.15 Å². The van der Waals surface area contributed by atoms with Gasteiger partial charge in [-0.1, -0.05) is 49.6 Å². The van der Waals surface area contributed by atoms with Crippen LogP contribution in [0.5, 0.6) is 0 Å². The summed E-state index contributed by atoms with van der Waals surface area (Å²) in [6.07, 6.45) is 3.58. The lowest BCUT2D eigenvalue weighted by molar-refractivity contribution is 0.163. The second-order valence-electron chi connectivity index (χ2n) is 6.01. The van der Waals surface area contributed by atoms with Gasteiger partial charge in [-0.05, 0) is 18.6 Å². The summed E-state index contributed by atoms with van der Waals surface area (Å²) in [4.78, 5) is 7.18. The Morgan fingerprint density at radius 2 is 1.92 bits per heavy atom. The van der Waals surface area contributed by atoms with Crippen LogP contribution in [0.25, 0.3) is 10.9 Å². The van der Waals surface area contributed by atoms with Gasteiger partial charge in [0.05, 0.1) is 5.52 Å². The molecule has 1 saturated heterocycles. The van der Waals surface area contributed by atoms with E-state index in [9.17, 15) is 0 Å². The molecule has 134 valence electrons.